The first-order chi connectivity index (χ1) is 21.2. The van der Waals surface area contributed by atoms with Crippen LogP contribution >= 0.6 is 0 Å². The summed E-state index contributed by atoms with van der Waals surface area (Å²) < 4.78 is 6.02. The van der Waals surface area contributed by atoms with Gasteiger partial charge < -0.3 is 14.5 Å². The molecule has 2 aromatic heterocycles. The van der Waals surface area contributed by atoms with Gasteiger partial charge in [-0.05, 0) is 63.0 Å². The maximum absolute atomic E-state index is 11.5. The van der Waals surface area contributed by atoms with Gasteiger partial charge in [0.25, 0.3) is 0 Å². The molecular weight excluding hydrogens is 747 g/mol. The third-order valence-corrected chi connectivity index (χ3v) is 8.77. The summed E-state index contributed by atoms with van der Waals surface area (Å²) in [5.74, 6) is 0.104. The van der Waals surface area contributed by atoms with Crippen LogP contribution in [0.15, 0.2) is 101 Å². The molecule has 6 aromatic rings. The van der Waals surface area contributed by atoms with E-state index in [1.54, 1.807) is 0 Å². The number of carbonyl (C=O) groups is 1. The number of hydrogen-bond donors (Lipinski definition) is 1. The maximum atomic E-state index is 11.5. The van der Waals surface area contributed by atoms with E-state index in [9.17, 15) is 9.90 Å². The van der Waals surface area contributed by atoms with Gasteiger partial charge in [0.2, 0.25) is 0 Å². The second kappa shape index (κ2) is 12.0. The molecule has 0 amide bonds. The van der Waals surface area contributed by atoms with E-state index < -0.39 is 5.41 Å². The first-order valence-electron chi connectivity index (χ1n) is 15.5. The molecule has 0 spiro atoms. The Morgan fingerprint density at radius 2 is 1.48 bits per heavy atom. The van der Waals surface area contributed by atoms with Crippen LogP contribution in [-0.2, 0) is 30.3 Å². The predicted octanol–water partition coefficient (Wildman–Crippen LogP) is 11.0. The molecule has 237 valence electrons. The average Bonchev–Trinajstić information content (AvgIpc) is 3.47. The standard InChI is InChI=1S/C30H20NO.C11H20O2.Ir/c1-30(2)25-17-19-8-4-3-7-18(19)15-23(25)22-13-14-31-29(28(22)30)20-11-12-27-24(16-20)21-9-5-6-10-26(21)32-27;1-10(2,3)8(12)7-9(13)11(4,5)6;/h3-10,12-17H,1-2H3;7,12H,1-6H3;/q-1;;/b;8-7-;. The second-order valence-electron chi connectivity index (χ2n) is 14.6. The number of carbonyl (C=O) groups excluding carboxylic acids is 1. The Balaban J connectivity index is 0.000000256. The van der Waals surface area contributed by atoms with Crippen LogP contribution in [0.25, 0.3) is 55.1 Å². The summed E-state index contributed by atoms with van der Waals surface area (Å²) in [6, 6.07) is 31.2. The largest absolute Gasteiger partial charge is 0.512 e. The van der Waals surface area contributed by atoms with Gasteiger partial charge in [0.05, 0.1) is 5.58 Å². The number of aliphatic hydroxyl groups excluding tert-OH is 1. The molecule has 0 aliphatic heterocycles. The first kappa shape index (κ1) is 33.3. The molecule has 0 unspecified atom stereocenters. The summed E-state index contributed by atoms with van der Waals surface area (Å²) >= 11 is 0. The van der Waals surface area contributed by atoms with E-state index in [1.807, 2.05) is 65.9 Å². The minimum Gasteiger partial charge on any atom is -0.512 e. The number of aliphatic hydroxyl groups is 1. The number of aromatic nitrogens is 1. The SMILES string of the molecule is CC(C)(C)C(=O)/C=C(\O)C(C)(C)C.CC1(C)c2cc3ccccc3cc2-c2ccnc(-c3[c-]cc4oc5ccccc5c4c3)c21.[Ir]. The average molecular weight is 787 g/mol. The smallest absolute Gasteiger partial charge is 0.164 e. The van der Waals surface area contributed by atoms with Gasteiger partial charge >= 0.3 is 0 Å². The van der Waals surface area contributed by atoms with Crippen molar-refractivity contribution in [2.24, 2.45) is 10.8 Å². The fraction of sp³-hybridized carbons (Fsp3) is 0.268. The number of benzene rings is 4. The zero-order valence-corrected chi connectivity index (χ0v) is 30.1. The molecule has 4 aromatic carbocycles. The molecule has 1 N–H and O–H groups in total. The van der Waals surface area contributed by atoms with E-state index in [0.29, 0.717) is 0 Å². The summed E-state index contributed by atoms with van der Waals surface area (Å²) in [6.45, 7) is 15.7. The van der Waals surface area contributed by atoms with Gasteiger partial charge in [0.1, 0.15) is 11.3 Å². The van der Waals surface area contributed by atoms with Crippen molar-refractivity contribution < 1.29 is 34.4 Å². The molecular formula is C41H40IrNO3-. The molecule has 46 heavy (non-hydrogen) atoms. The van der Waals surface area contributed by atoms with Crippen LogP contribution in [0.5, 0.6) is 0 Å². The zero-order valence-electron chi connectivity index (χ0n) is 27.7. The first-order valence-corrected chi connectivity index (χ1v) is 15.5. The van der Waals surface area contributed by atoms with Gasteiger partial charge in [0, 0.05) is 54.0 Å². The fourth-order valence-corrected chi connectivity index (χ4v) is 6.00. The van der Waals surface area contributed by atoms with Gasteiger partial charge in [-0.15, -0.1) is 23.8 Å². The summed E-state index contributed by atoms with van der Waals surface area (Å²) in [5, 5.41) is 14.3. The van der Waals surface area contributed by atoms with Crippen molar-refractivity contribution >= 4 is 38.5 Å². The quantitative estimate of drug-likeness (QED) is 0.108. The maximum Gasteiger partial charge on any atom is 0.164 e. The van der Waals surface area contributed by atoms with Crippen molar-refractivity contribution in [1.82, 2.24) is 4.98 Å². The van der Waals surface area contributed by atoms with Crippen molar-refractivity contribution in [3.63, 3.8) is 0 Å². The zero-order chi connectivity index (χ0) is 32.3. The van der Waals surface area contributed by atoms with Crippen LogP contribution in [0.3, 0.4) is 0 Å². The van der Waals surface area contributed by atoms with Crippen LogP contribution in [-0.4, -0.2) is 15.9 Å². The summed E-state index contributed by atoms with van der Waals surface area (Å²) in [5.41, 5.74) is 8.05. The normalized spacial score (nSPS) is 14.0. The number of fused-ring (bicyclic) bond motifs is 7. The van der Waals surface area contributed by atoms with Crippen molar-refractivity contribution in [1.29, 1.82) is 0 Å². The Bertz CT molecular complexity index is 2140. The Hall–Kier alpha value is -4.05. The molecule has 0 atom stereocenters. The molecule has 0 saturated heterocycles. The van der Waals surface area contributed by atoms with Gasteiger partial charge in [0.15, 0.2) is 5.78 Å². The van der Waals surface area contributed by atoms with Gasteiger partial charge in [-0.3, -0.25) is 4.79 Å². The molecule has 1 radical (unpaired) electrons. The summed E-state index contributed by atoms with van der Waals surface area (Å²) in [6.07, 6.45) is 3.26. The topological polar surface area (TPSA) is 63.3 Å². The minimum atomic E-state index is -0.417. The Kier molecular flexibility index (Phi) is 8.66. The Morgan fingerprint density at radius 3 is 2.15 bits per heavy atom. The van der Waals surface area contributed by atoms with E-state index in [0.717, 1.165) is 33.2 Å². The molecule has 1 aliphatic carbocycles. The van der Waals surface area contributed by atoms with Gasteiger partial charge in [-0.1, -0.05) is 103 Å². The number of ketones is 1. The van der Waals surface area contributed by atoms with E-state index in [4.69, 9.17) is 9.40 Å². The molecule has 0 fully saturated rings. The van der Waals surface area contributed by atoms with Crippen LogP contribution in [0.1, 0.15) is 66.5 Å². The second-order valence-corrected chi connectivity index (χ2v) is 14.6. The van der Waals surface area contributed by atoms with E-state index in [1.165, 1.54) is 39.1 Å². The van der Waals surface area contributed by atoms with Crippen LogP contribution in [0, 0.1) is 16.9 Å². The minimum absolute atomic E-state index is 0. The number of rotatable bonds is 2. The molecule has 0 bridgehead atoms. The van der Waals surface area contributed by atoms with Crippen LogP contribution in [0.2, 0.25) is 0 Å². The van der Waals surface area contributed by atoms with E-state index >= 15 is 0 Å². The predicted molar refractivity (Wildman–Crippen MR) is 185 cm³/mol. The fourth-order valence-electron chi connectivity index (χ4n) is 6.00. The van der Waals surface area contributed by atoms with Gasteiger partial charge in [-0.25, -0.2) is 0 Å². The third-order valence-electron chi connectivity index (χ3n) is 8.77. The molecule has 4 nitrogen and oxygen atoms in total. The molecule has 7 rings (SSSR count). The van der Waals surface area contributed by atoms with Crippen LogP contribution < -0.4 is 0 Å². The number of pyridine rings is 1. The number of para-hydroxylation sites is 1. The number of hydrogen-bond acceptors (Lipinski definition) is 4. The van der Waals surface area contributed by atoms with Crippen LogP contribution in [0.4, 0.5) is 0 Å². The molecule has 5 heteroatoms. The number of allylic oxidation sites excluding steroid dienone is 2. The monoisotopic (exact) mass is 787 g/mol. The Labute approximate surface area is 284 Å². The van der Waals surface area contributed by atoms with E-state index in [-0.39, 0.29) is 42.5 Å². The van der Waals surface area contributed by atoms with E-state index in [2.05, 4.69) is 80.6 Å². The molecule has 1 aliphatic rings. The third kappa shape index (κ3) is 5.95. The molecule has 0 saturated carbocycles. The van der Waals surface area contributed by atoms with Crippen molar-refractivity contribution in [3.8, 4) is 22.4 Å². The number of nitrogens with zero attached hydrogens (tertiary/aromatic N) is 1. The summed E-state index contributed by atoms with van der Waals surface area (Å²) in [4.78, 5) is 16.4. The molecule has 2 heterocycles. The number of furan rings is 1. The summed E-state index contributed by atoms with van der Waals surface area (Å²) in [7, 11) is 0. The van der Waals surface area contributed by atoms with Crippen molar-refractivity contribution in [2.45, 2.75) is 60.8 Å². The van der Waals surface area contributed by atoms with Gasteiger partial charge in [-0.2, -0.15) is 0 Å². The Morgan fingerprint density at radius 1 is 0.826 bits per heavy atom. The van der Waals surface area contributed by atoms with Crippen molar-refractivity contribution in [2.75, 3.05) is 0 Å². The van der Waals surface area contributed by atoms with Crippen molar-refractivity contribution in [3.05, 3.63) is 114 Å².